The molecule has 3 N–H and O–H groups in total. The molecule has 26 heavy (non-hydrogen) atoms. The van der Waals surface area contributed by atoms with E-state index in [1.165, 1.54) is 11.1 Å². The van der Waals surface area contributed by atoms with Gasteiger partial charge in [-0.1, -0.05) is 35.9 Å². The van der Waals surface area contributed by atoms with Gasteiger partial charge >= 0.3 is 0 Å². The summed E-state index contributed by atoms with van der Waals surface area (Å²) in [6.07, 6.45) is 2.20. The Balaban J connectivity index is 1.78. The minimum Gasteiger partial charge on any atom is -0.493 e. The Morgan fingerprint density at radius 3 is 2.69 bits per heavy atom. The molecule has 0 radical (unpaired) electrons. The molecule has 2 aromatic carbocycles. The average molecular weight is 356 g/mol. The molecule has 2 aromatic rings. The number of hydrogen-bond donors (Lipinski definition) is 2. The second kappa shape index (κ2) is 10.5. The number of benzene rings is 2. The van der Waals surface area contributed by atoms with Crippen molar-refractivity contribution in [3.05, 3.63) is 59.2 Å². The molecule has 0 saturated heterocycles. The molecular weight excluding hydrogens is 328 g/mol. The summed E-state index contributed by atoms with van der Waals surface area (Å²) >= 11 is 0. The Bertz CT molecular complexity index is 716. The molecule has 0 aromatic heterocycles. The van der Waals surface area contributed by atoms with Crippen LogP contribution < -0.4 is 20.5 Å². The van der Waals surface area contributed by atoms with Crippen LogP contribution in [0.15, 0.2) is 42.5 Å². The fourth-order valence-corrected chi connectivity index (χ4v) is 2.75. The molecule has 5 heteroatoms. The lowest BCUT2D eigenvalue weighted by molar-refractivity contribution is -0.120. The zero-order valence-corrected chi connectivity index (χ0v) is 15.6. The second-order valence-corrected chi connectivity index (χ2v) is 6.24. The highest BCUT2D eigenvalue weighted by molar-refractivity contribution is 5.78. The van der Waals surface area contributed by atoms with Crippen molar-refractivity contribution in [2.75, 3.05) is 26.8 Å². The van der Waals surface area contributed by atoms with Crippen LogP contribution in [0.5, 0.6) is 11.5 Å². The quantitative estimate of drug-likeness (QED) is 0.642. The molecule has 0 unspecified atom stereocenters. The molecule has 0 aliphatic rings. The van der Waals surface area contributed by atoms with Crippen LogP contribution in [-0.2, 0) is 17.6 Å². The number of nitrogens with two attached hydrogens (primary N) is 1. The number of hydrogen-bond acceptors (Lipinski definition) is 4. The van der Waals surface area contributed by atoms with Crippen LogP contribution in [0.4, 0.5) is 0 Å². The number of nitrogens with one attached hydrogen (secondary N) is 1. The SMILES string of the molecule is COc1cc(CC(=O)NCCCc2cccc(C)c2)ccc1OCCN. The van der Waals surface area contributed by atoms with Gasteiger partial charge in [0.1, 0.15) is 6.61 Å². The molecule has 0 fully saturated rings. The third-order valence-electron chi connectivity index (χ3n) is 4.02. The Morgan fingerprint density at radius 2 is 1.96 bits per heavy atom. The van der Waals surface area contributed by atoms with Gasteiger partial charge in [-0.25, -0.2) is 0 Å². The lowest BCUT2D eigenvalue weighted by atomic mass is 10.1. The van der Waals surface area contributed by atoms with Gasteiger partial charge in [0.05, 0.1) is 13.5 Å². The summed E-state index contributed by atoms with van der Waals surface area (Å²) in [5.41, 5.74) is 8.90. The van der Waals surface area contributed by atoms with E-state index in [1.807, 2.05) is 18.2 Å². The third-order valence-corrected chi connectivity index (χ3v) is 4.02. The van der Waals surface area contributed by atoms with E-state index in [4.69, 9.17) is 15.2 Å². The van der Waals surface area contributed by atoms with Gasteiger partial charge in [-0.05, 0) is 43.0 Å². The first-order chi connectivity index (χ1) is 12.6. The van der Waals surface area contributed by atoms with E-state index in [-0.39, 0.29) is 5.91 Å². The van der Waals surface area contributed by atoms with Crippen molar-refractivity contribution in [1.29, 1.82) is 0 Å². The van der Waals surface area contributed by atoms with Crippen LogP contribution in [0.1, 0.15) is 23.1 Å². The number of amides is 1. The molecule has 0 atom stereocenters. The number of aryl methyl sites for hydroxylation is 2. The number of carbonyl (C=O) groups is 1. The van der Waals surface area contributed by atoms with Crippen LogP contribution in [0, 0.1) is 6.92 Å². The van der Waals surface area contributed by atoms with Gasteiger partial charge in [-0.2, -0.15) is 0 Å². The van der Waals surface area contributed by atoms with Crippen molar-refractivity contribution in [2.45, 2.75) is 26.2 Å². The minimum absolute atomic E-state index is 0.00641. The van der Waals surface area contributed by atoms with Crippen LogP contribution in [0.3, 0.4) is 0 Å². The van der Waals surface area contributed by atoms with Crippen LogP contribution >= 0.6 is 0 Å². The summed E-state index contributed by atoms with van der Waals surface area (Å²) in [6, 6.07) is 14.0. The lowest BCUT2D eigenvalue weighted by Crippen LogP contribution is -2.26. The van der Waals surface area contributed by atoms with Gasteiger partial charge in [0.25, 0.3) is 0 Å². The van der Waals surface area contributed by atoms with E-state index in [2.05, 4.69) is 36.5 Å². The van der Waals surface area contributed by atoms with E-state index in [0.29, 0.717) is 37.6 Å². The molecule has 0 aliphatic heterocycles. The Morgan fingerprint density at radius 1 is 1.12 bits per heavy atom. The van der Waals surface area contributed by atoms with Crippen LogP contribution in [0.25, 0.3) is 0 Å². The summed E-state index contributed by atoms with van der Waals surface area (Å²) in [7, 11) is 1.58. The number of rotatable bonds is 10. The minimum atomic E-state index is 0.00641. The second-order valence-electron chi connectivity index (χ2n) is 6.24. The molecule has 1 amide bonds. The Hall–Kier alpha value is -2.53. The van der Waals surface area contributed by atoms with Gasteiger partial charge in [0.2, 0.25) is 5.91 Å². The number of methoxy groups -OCH3 is 1. The van der Waals surface area contributed by atoms with Crippen LogP contribution in [-0.4, -0.2) is 32.7 Å². The van der Waals surface area contributed by atoms with Crippen molar-refractivity contribution < 1.29 is 14.3 Å². The molecule has 0 saturated carbocycles. The smallest absolute Gasteiger partial charge is 0.224 e. The van der Waals surface area contributed by atoms with Gasteiger partial charge in [-0.3, -0.25) is 4.79 Å². The average Bonchev–Trinajstić information content (AvgIpc) is 2.64. The first-order valence-corrected chi connectivity index (χ1v) is 8.94. The van der Waals surface area contributed by atoms with E-state index < -0.39 is 0 Å². The topological polar surface area (TPSA) is 73.6 Å². The van der Waals surface area contributed by atoms with Gasteiger partial charge in [0, 0.05) is 13.1 Å². The van der Waals surface area contributed by atoms with E-state index in [1.54, 1.807) is 7.11 Å². The number of ether oxygens (including phenoxy) is 2. The van der Waals surface area contributed by atoms with E-state index >= 15 is 0 Å². The lowest BCUT2D eigenvalue weighted by Gasteiger charge is -2.12. The Labute approximate surface area is 155 Å². The van der Waals surface area contributed by atoms with E-state index in [9.17, 15) is 4.79 Å². The summed E-state index contributed by atoms with van der Waals surface area (Å²) in [5, 5.41) is 2.97. The molecule has 0 heterocycles. The van der Waals surface area contributed by atoms with Crippen molar-refractivity contribution in [1.82, 2.24) is 5.32 Å². The summed E-state index contributed by atoms with van der Waals surface area (Å²) in [6.45, 7) is 3.63. The molecule has 140 valence electrons. The molecule has 0 aliphatic carbocycles. The molecular formula is C21H28N2O3. The zero-order chi connectivity index (χ0) is 18.8. The highest BCUT2D eigenvalue weighted by atomic mass is 16.5. The first-order valence-electron chi connectivity index (χ1n) is 8.94. The Kier molecular flexibility index (Phi) is 7.96. The summed E-state index contributed by atoms with van der Waals surface area (Å²) in [4.78, 5) is 12.1. The van der Waals surface area contributed by atoms with Gasteiger partial charge < -0.3 is 20.5 Å². The monoisotopic (exact) mass is 356 g/mol. The normalized spacial score (nSPS) is 10.4. The van der Waals surface area contributed by atoms with Crippen LogP contribution in [0.2, 0.25) is 0 Å². The van der Waals surface area contributed by atoms with Crippen molar-refractivity contribution >= 4 is 5.91 Å². The zero-order valence-electron chi connectivity index (χ0n) is 15.6. The maximum absolute atomic E-state index is 12.1. The third kappa shape index (κ3) is 6.41. The number of carbonyl (C=O) groups excluding carboxylic acids is 1. The maximum atomic E-state index is 12.1. The first kappa shape index (κ1) is 19.8. The molecule has 2 rings (SSSR count). The predicted molar refractivity (Wildman–Crippen MR) is 104 cm³/mol. The molecule has 5 nitrogen and oxygen atoms in total. The predicted octanol–water partition coefficient (Wildman–Crippen LogP) is 2.63. The highest BCUT2D eigenvalue weighted by Crippen LogP contribution is 2.28. The highest BCUT2D eigenvalue weighted by Gasteiger charge is 2.09. The standard InChI is InChI=1S/C21H28N2O3/c1-16-5-3-6-17(13-16)7-4-11-23-21(24)15-18-8-9-19(26-12-10-22)20(14-18)25-2/h3,5-6,8-9,13-14H,4,7,10-12,15,22H2,1-2H3,(H,23,24). The maximum Gasteiger partial charge on any atom is 0.224 e. The summed E-state index contributed by atoms with van der Waals surface area (Å²) < 4.78 is 10.8. The molecule has 0 spiro atoms. The summed E-state index contributed by atoms with van der Waals surface area (Å²) in [5.74, 6) is 1.26. The van der Waals surface area contributed by atoms with Gasteiger partial charge in [0.15, 0.2) is 11.5 Å². The van der Waals surface area contributed by atoms with Crippen molar-refractivity contribution in [3.8, 4) is 11.5 Å². The fourth-order valence-electron chi connectivity index (χ4n) is 2.75. The van der Waals surface area contributed by atoms with Crippen molar-refractivity contribution in [2.24, 2.45) is 5.73 Å². The van der Waals surface area contributed by atoms with Crippen molar-refractivity contribution in [3.63, 3.8) is 0 Å². The fraction of sp³-hybridized carbons (Fsp3) is 0.381. The largest absolute Gasteiger partial charge is 0.493 e. The van der Waals surface area contributed by atoms with E-state index in [0.717, 1.165) is 18.4 Å². The molecule has 0 bridgehead atoms. The van der Waals surface area contributed by atoms with Gasteiger partial charge in [-0.15, -0.1) is 0 Å².